The summed E-state index contributed by atoms with van der Waals surface area (Å²) in [5.74, 6) is 0.547. The van der Waals surface area contributed by atoms with E-state index in [4.69, 9.17) is 21.1 Å². The van der Waals surface area contributed by atoms with Crippen LogP contribution in [-0.2, 0) is 20.9 Å². The van der Waals surface area contributed by atoms with E-state index in [0.717, 1.165) is 5.56 Å². The van der Waals surface area contributed by atoms with E-state index in [0.29, 0.717) is 22.6 Å². The highest BCUT2D eigenvalue weighted by Crippen LogP contribution is 2.42. The van der Waals surface area contributed by atoms with Crippen LogP contribution < -0.4 is 4.74 Å². The molecule has 9 heteroatoms. The number of carbonyl (C=O) groups excluding carboxylic acids is 2. The van der Waals surface area contributed by atoms with Crippen LogP contribution in [0.3, 0.4) is 0 Å². The highest BCUT2D eigenvalue weighted by atomic mass is 35.5. The van der Waals surface area contributed by atoms with Gasteiger partial charge in [-0.1, -0.05) is 24.3 Å². The van der Waals surface area contributed by atoms with Crippen LogP contribution >= 0.6 is 23.4 Å². The van der Waals surface area contributed by atoms with Crippen molar-refractivity contribution < 1.29 is 24.2 Å². The third kappa shape index (κ3) is 4.33. The number of hydrogen-bond acceptors (Lipinski definition) is 7. The van der Waals surface area contributed by atoms with Crippen LogP contribution in [-0.4, -0.2) is 58.3 Å². The maximum absolute atomic E-state index is 12.9. The molecular weight excluding hydrogens is 452 g/mol. The van der Waals surface area contributed by atoms with Gasteiger partial charge in [-0.2, -0.15) is 0 Å². The summed E-state index contributed by atoms with van der Waals surface area (Å²) in [6.07, 6.45) is 1.48. The van der Waals surface area contributed by atoms with Crippen LogP contribution in [0.15, 0.2) is 64.8 Å². The first-order chi connectivity index (χ1) is 15.5. The van der Waals surface area contributed by atoms with Crippen LogP contribution in [0.5, 0.6) is 11.5 Å². The Kier molecular flexibility index (Phi) is 6.72. The van der Waals surface area contributed by atoms with Crippen molar-refractivity contribution >= 4 is 41.5 Å². The van der Waals surface area contributed by atoms with Gasteiger partial charge in [0, 0.05) is 23.4 Å². The minimum atomic E-state index is -0.638. The second-order valence-corrected chi connectivity index (χ2v) is 8.57. The molecule has 4 rings (SSSR count). The number of halogens is 1. The van der Waals surface area contributed by atoms with E-state index in [1.54, 1.807) is 55.6 Å². The second-order valence-electron chi connectivity index (χ2n) is 7.20. The first-order valence-electron chi connectivity index (χ1n) is 9.87. The Bertz CT molecular complexity index is 1090. The number of nitrogens with zero attached hydrogens (tertiary/aromatic N) is 2. The Morgan fingerprint density at radius 2 is 2.03 bits per heavy atom. The number of rotatable bonds is 7. The minimum absolute atomic E-state index is 0.0661. The molecule has 1 unspecified atom stereocenters. The van der Waals surface area contributed by atoms with Crippen molar-refractivity contribution in [1.82, 2.24) is 4.90 Å². The molecule has 2 aromatic carbocycles. The molecule has 2 aliphatic heterocycles. The zero-order chi connectivity index (χ0) is 22.7. The zero-order valence-corrected chi connectivity index (χ0v) is 18.8. The lowest BCUT2D eigenvalue weighted by Crippen LogP contribution is -2.64. The number of aromatic hydroxyl groups is 1. The van der Waals surface area contributed by atoms with E-state index >= 15 is 0 Å². The number of hydrogen-bond donors (Lipinski definition) is 1. The number of phenolic OH excluding ortho intramolecular Hbond substituents is 1. The second kappa shape index (κ2) is 9.67. The average Bonchev–Trinajstić information content (AvgIpc) is 2.83. The molecule has 0 aromatic heterocycles. The summed E-state index contributed by atoms with van der Waals surface area (Å²) in [6.45, 7) is 0.0661. The Labute approximate surface area is 194 Å². The number of phenols is 1. The number of fused-ring (bicyclic) bond motifs is 1. The van der Waals surface area contributed by atoms with Crippen LogP contribution in [0.1, 0.15) is 11.1 Å². The number of carbonyl (C=O) groups is 2. The maximum atomic E-state index is 12.9. The summed E-state index contributed by atoms with van der Waals surface area (Å²) in [5, 5.41) is 9.57. The summed E-state index contributed by atoms with van der Waals surface area (Å²) in [6, 6.07) is 13.3. The van der Waals surface area contributed by atoms with Gasteiger partial charge < -0.3 is 14.6 Å². The normalized spacial score (nSPS) is 20.2. The largest absolute Gasteiger partial charge is 0.507 e. The van der Waals surface area contributed by atoms with E-state index in [1.165, 1.54) is 22.9 Å². The molecule has 0 aliphatic carbocycles. The minimum Gasteiger partial charge on any atom is -0.507 e. The molecule has 2 aliphatic rings. The summed E-state index contributed by atoms with van der Waals surface area (Å²) in [4.78, 5) is 31.5. The number of methoxy groups -OCH3 is 1. The lowest BCUT2D eigenvalue weighted by atomic mass is 10.0. The van der Waals surface area contributed by atoms with Crippen LogP contribution in [0.25, 0.3) is 0 Å². The monoisotopic (exact) mass is 472 g/mol. The highest BCUT2D eigenvalue weighted by Gasteiger charge is 2.53. The molecule has 2 heterocycles. The Morgan fingerprint density at radius 1 is 1.28 bits per heavy atom. The number of alkyl halides is 1. The van der Waals surface area contributed by atoms with E-state index in [2.05, 4.69) is 4.99 Å². The topological polar surface area (TPSA) is 88.4 Å². The van der Waals surface area contributed by atoms with Crippen molar-refractivity contribution in [1.29, 1.82) is 0 Å². The van der Waals surface area contributed by atoms with Crippen molar-refractivity contribution in [3.8, 4) is 11.5 Å². The predicted octanol–water partition coefficient (Wildman–Crippen LogP) is 3.34. The molecule has 0 saturated carbocycles. The van der Waals surface area contributed by atoms with Gasteiger partial charge in [0.1, 0.15) is 29.2 Å². The number of amides is 1. The molecule has 1 saturated heterocycles. The lowest BCUT2D eigenvalue weighted by molar-refractivity contribution is -0.151. The van der Waals surface area contributed by atoms with Gasteiger partial charge in [0.15, 0.2) is 6.04 Å². The van der Waals surface area contributed by atoms with Gasteiger partial charge in [-0.15, -0.1) is 23.4 Å². The summed E-state index contributed by atoms with van der Waals surface area (Å²) < 4.78 is 10.6. The number of aliphatic imine (C=N–C) groups is 1. The number of esters is 1. The quantitative estimate of drug-likeness (QED) is 0.288. The summed E-state index contributed by atoms with van der Waals surface area (Å²) in [5.41, 5.74) is 2.19. The zero-order valence-electron chi connectivity index (χ0n) is 17.2. The van der Waals surface area contributed by atoms with E-state index in [-0.39, 0.29) is 35.2 Å². The van der Waals surface area contributed by atoms with Crippen molar-refractivity contribution in [2.24, 2.45) is 4.99 Å². The molecule has 7 nitrogen and oxygen atoms in total. The molecule has 32 heavy (non-hydrogen) atoms. The van der Waals surface area contributed by atoms with Gasteiger partial charge in [0.25, 0.3) is 5.91 Å². The summed E-state index contributed by atoms with van der Waals surface area (Å²) in [7, 11) is 1.58. The Hall–Kier alpha value is -2.97. The number of thioether (sulfide) groups is 1. The van der Waals surface area contributed by atoms with Crippen molar-refractivity contribution in [3.63, 3.8) is 0 Å². The fourth-order valence-electron chi connectivity index (χ4n) is 3.45. The van der Waals surface area contributed by atoms with Crippen molar-refractivity contribution in [2.75, 3.05) is 18.7 Å². The summed E-state index contributed by atoms with van der Waals surface area (Å²) >= 11 is 7.56. The molecule has 0 bridgehead atoms. The first-order valence-corrected chi connectivity index (χ1v) is 11.5. The van der Waals surface area contributed by atoms with Gasteiger partial charge in [0.2, 0.25) is 0 Å². The SMILES string of the molecule is COc1ccc(COC(=O)C2=C(CCl)CSC3[C@H](N=Cc4ccccc4O)C(=O)N23)cc1. The fraction of sp³-hybridized carbons (Fsp3) is 0.261. The smallest absolute Gasteiger partial charge is 0.355 e. The van der Waals surface area contributed by atoms with Gasteiger partial charge in [-0.3, -0.25) is 14.7 Å². The van der Waals surface area contributed by atoms with Crippen LogP contribution in [0.2, 0.25) is 0 Å². The average molecular weight is 473 g/mol. The molecule has 1 N–H and O–H groups in total. The van der Waals surface area contributed by atoms with Crippen molar-refractivity contribution in [2.45, 2.75) is 18.0 Å². The van der Waals surface area contributed by atoms with Crippen LogP contribution in [0, 0.1) is 0 Å². The number of β-lactam (4-membered cyclic amide) rings is 1. The molecule has 1 fully saturated rings. The maximum Gasteiger partial charge on any atom is 0.355 e. The Morgan fingerprint density at radius 3 is 2.72 bits per heavy atom. The van der Waals surface area contributed by atoms with Crippen LogP contribution in [0.4, 0.5) is 0 Å². The Balaban J connectivity index is 1.47. The fourth-order valence-corrected chi connectivity index (χ4v) is 5.13. The molecule has 0 radical (unpaired) electrons. The highest BCUT2D eigenvalue weighted by molar-refractivity contribution is 8.00. The third-order valence-electron chi connectivity index (χ3n) is 5.21. The standard InChI is InChI=1S/C23H21ClN2O5S/c1-30-17-8-6-14(7-9-17)12-31-23(29)20-16(10-24)13-32-22-19(21(28)26(20)22)25-11-15-4-2-3-5-18(15)27/h2-9,11,19,22,27H,10,12-13H2,1H3/t19-,22?/m1/s1. The lowest BCUT2D eigenvalue weighted by Gasteiger charge is -2.48. The van der Waals surface area contributed by atoms with Gasteiger partial charge in [-0.05, 0) is 35.4 Å². The number of ether oxygens (including phenoxy) is 2. The molecule has 2 atom stereocenters. The predicted molar refractivity (Wildman–Crippen MR) is 123 cm³/mol. The number of para-hydroxylation sites is 1. The molecule has 1 amide bonds. The first kappa shape index (κ1) is 22.2. The molecule has 0 spiro atoms. The van der Waals surface area contributed by atoms with Crippen molar-refractivity contribution in [3.05, 3.63) is 70.9 Å². The van der Waals surface area contributed by atoms with Gasteiger partial charge in [-0.25, -0.2) is 4.79 Å². The van der Waals surface area contributed by atoms with Gasteiger partial charge in [0.05, 0.1) is 7.11 Å². The third-order valence-corrected chi connectivity index (χ3v) is 6.86. The molecule has 166 valence electrons. The van der Waals surface area contributed by atoms with E-state index in [9.17, 15) is 14.7 Å². The van der Waals surface area contributed by atoms with E-state index < -0.39 is 12.0 Å². The molecule has 2 aromatic rings. The molecular formula is C23H21ClN2O5S. The number of benzene rings is 2. The van der Waals surface area contributed by atoms with Gasteiger partial charge >= 0.3 is 5.97 Å². The van der Waals surface area contributed by atoms with E-state index in [1.807, 2.05) is 0 Å².